The van der Waals surface area contributed by atoms with Crippen molar-refractivity contribution in [2.45, 2.75) is 58.9 Å². The van der Waals surface area contributed by atoms with Gasteiger partial charge in [-0.1, -0.05) is 24.6 Å². The summed E-state index contributed by atoms with van der Waals surface area (Å²) in [5.41, 5.74) is 4.71. The summed E-state index contributed by atoms with van der Waals surface area (Å²) in [6, 6.07) is 18.1. The molecule has 0 bridgehead atoms. The number of hydrogen-bond acceptors (Lipinski definition) is 4. The number of nitrogens with zero attached hydrogens (tertiary/aromatic N) is 2. The maximum absolute atomic E-state index is 11.9. The molecule has 0 aliphatic carbocycles. The maximum Gasteiger partial charge on any atom is 0.286 e. The number of imidazole rings is 1. The first-order valence-corrected chi connectivity index (χ1v) is 12.6. The molecule has 6 heteroatoms. The largest absolute Gasteiger partial charge is 0.494 e. The number of fused-ring (bicyclic) bond motifs is 1. The fraction of sp³-hybridized carbons (Fsp3) is 0.379. The van der Waals surface area contributed by atoms with Crippen LogP contribution in [0.2, 0.25) is 0 Å². The molecule has 0 aliphatic rings. The monoisotopic (exact) mass is 473 g/mol. The van der Waals surface area contributed by atoms with Crippen molar-refractivity contribution in [3.05, 3.63) is 83.6 Å². The van der Waals surface area contributed by atoms with Crippen LogP contribution >= 0.6 is 0 Å². The molecular formula is C29H35N3O3. The van der Waals surface area contributed by atoms with Crippen molar-refractivity contribution >= 4 is 16.9 Å². The van der Waals surface area contributed by atoms with Gasteiger partial charge in [-0.05, 0) is 87.1 Å². The van der Waals surface area contributed by atoms with Crippen LogP contribution in [0.5, 0.6) is 5.75 Å². The van der Waals surface area contributed by atoms with Crippen LogP contribution in [-0.2, 0) is 13.0 Å². The third-order valence-electron chi connectivity index (χ3n) is 6.08. The minimum atomic E-state index is -0.154. The zero-order valence-electron chi connectivity index (χ0n) is 20.8. The number of aromatic nitrogens is 2. The quantitative estimate of drug-likeness (QED) is 0.233. The van der Waals surface area contributed by atoms with Gasteiger partial charge in [-0.25, -0.2) is 4.98 Å². The summed E-state index contributed by atoms with van der Waals surface area (Å²) < 4.78 is 13.5. The minimum absolute atomic E-state index is 0.154. The van der Waals surface area contributed by atoms with Crippen molar-refractivity contribution in [3.8, 4) is 5.75 Å². The number of nitrogens with one attached hydrogen (secondary N) is 1. The SMILES string of the molecule is Cc1cc(C)cc(OCCCCn2c(CCCCCNC(=O)c3ccco3)nc3ccccc32)c1. The number of rotatable bonds is 13. The molecule has 0 saturated heterocycles. The molecule has 0 spiro atoms. The molecule has 35 heavy (non-hydrogen) atoms. The first-order chi connectivity index (χ1) is 17.1. The van der Waals surface area contributed by atoms with E-state index in [-0.39, 0.29) is 5.91 Å². The van der Waals surface area contributed by atoms with E-state index in [4.69, 9.17) is 14.1 Å². The van der Waals surface area contributed by atoms with Gasteiger partial charge in [0.2, 0.25) is 0 Å². The number of furan rings is 1. The Morgan fingerprint density at radius 1 is 0.971 bits per heavy atom. The molecule has 1 amide bonds. The van der Waals surface area contributed by atoms with Crippen molar-refractivity contribution in [3.63, 3.8) is 0 Å². The molecule has 0 radical (unpaired) electrons. The molecule has 2 heterocycles. The van der Waals surface area contributed by atoms with Gasteiger partial charge in [0.1, 0.15) is 11.6 Å². The summed E-state index contributed by atoms with van der Waals surface area (Å²) in [5, 5.41) is 2.91. The second-order valence-corrected chi connectivity index (χ2v) is 9.09. The lowest BCUT2D eigenvalue weighted by Gasteiger charge is -2.11. The summed E-state index contributed by atoms with van der Waals surface area (Å²) in [7, 11) is 0. The lowest BCUT2D eigenvalue weighted by molar-refractivity contribution is 0.0925. The van der Waals surface area contributed by atoms with E-state index in [1.165, 1.54) is 22.9 Å². The molecular weight excluding hydrogens is 438 g/mol. The number of amides is 1. The van der Waals surface area contributed by atoms with E-state index in [0.29, 0.717) is 18.9 Å². The number of aryl methyl sites for hydroxylation is 4. The molecule has 0 saturated carbocycles. The van der Waals surface area contributed by atoms with E-state index in [1.54, 1.807) is 12.1 Å². The predicted molar refractivity (Wildman–Crippen MR) is 139 cm³/mol. The molecule has 0 fully saturated rings. The summed E-state index contributed by atoms with van der Waals surface area (Å²) in [6.45, 7) is 6.50. The highest BCUT2D eigenvalue weighted by atomic mass is 16.5. The maximum atomic E-state index is 11.9. The van der Waals surface area contributed by atoms with Crippen LogP contribution in [0.3, 0.4) is 0 Å². The van der Waals surface area contributed by atoms with Crippen LogP contribution in [-0.4, -0.2) is 28.6 Å². The molecule has 0 atom stereocenters. The normalized spacial score (nSPS) is 11.1. The van der Waals surface area contributed by atoms with Crippen LogP contribution in [0.4, 0.5) is 0 Å². The van der Waals surface area contributed by atoms with Gasteiger partial charge in [0.25, 0.3) is 5.91 Å². The minimum Gasteiger partial charge on any atom is -0.494 e. The first-order valence-electron chi connectivity index (χ1n) is 12.6. The van der Waals surface area contributed by atoms with E-state index < -0.39 is 0 Å². The third kappa shape index (κ3) is 6.98. The zero-order valence-corrected chi connectivity index (χ0v) is 20.8. The van der Waals surface area contributed by atoms with Crippen molar-refractivity contribution in [1.29, 1.82) is 0 Å². The van der Waals surface area contributed by atoms with Crippen LogP contribution in [0.1, 0.15) is 59.6 Å². The molecule has 4 rings (SSSR count). The van der Waals surface area contributed by atoms with Gasteiger partial charge in [0.05, 0.1) is 23.9 Å². The van der Waals surface area contributed by atoms with Crippen molar-refractivity contribution in [1.82, 2.24) is 14.9 Å². The van der Waals surface area contributed by atoms with Gasteiger partial charge >= 0.3 is 0 Å². The van der Waals surface area contributed by atoms with Gasteiger partial charge in [-0.3, -0.25) is 4.79 Å². The van der Waals surface area contributed by atoms with Gasteiger partial charge < -0.3 is 19.0 Å². The average molecular weight is 474 g/mol. The number of ether oxygens (including phenoxy) is 1. The highest BCUT2D eigenvalue weighted by Gasteiger charge is 2.11. The van der Waals surface area contributed by atoms with Gasteiger partial charge in [0.15, 0.2) is 5.76 Å². The molecule has 1 N–H and O–H groups in total. The Kier molecular flexibility index (Phi) is 8.60. The van der Waals surface area contributed by atoms with Crippen molar-refractivity contribution in [2.24, 2.45) is 0 Å². The van der Waals surface area contributed by atoms with E-state index in [0.717, 1.165) is 62.2 Å². The standard InChI is InChI=1S/C29H35N3O3/c1-22-19-23(2)21-24(20-22)34-17-9-8-16-32-26-12-6-5-11-25(26)31-28(32)14-4-3-7-15-30-29(33)27-13-10-18-35-27/h5-6,10-13,18-21H,3-4,7-9,14-17H2,1-2H3,(H,30,33). The number of unbranched alkanes of at least 4 members (excludes halogenated alkanes) is 3. The summed E-state index contributed by atoms with van der Waals surface area (Å²) in [5.74, 6) is 2.30. The predicted octanol–water partition coefficient (Wildman–Crippen LogP) is 6.25. The Bertz CT molecular complexity index is 1210. The fourth-order valence-corrected chi connectivity index (χ4v) is 4.43. The zero-order chi connectivity index (χ0) is 24.5. The number of benzene rings is 2. The van der Waals surface area contributed by atoms with E-state index >= 15 is 0 Å². The fourth-order valence-electron chi connectivity index (χ4n) is 4.43. The smallest absolute Gasteiger partial charge is 0.286 e. The summed E-state index contributed by atoms with van der Waals surface area (Å²) in [4.78, 5) is 16.8. The molecule has 184 valence electrons. The molecule has 4 aromatic rings. The topological polar surface area (TPSA) is 69.3 Å². The highest BCUT2D eigenvalue weighted by Crippen LogP contribution is 2.20. The van der Waals surface area contributed by atoms with E-state index in [1.807, 2.05) is 6.07 Å². The second-order valence-electron chi connectivity index (χ2n) is 9.09. The average Bonchev–Trinajstić information content (AvgIpc) is 3.49. The number of carbonyl (C=O) groups excluding carboxylic acids is 1. The molecule has 2 aromatic heterocycles. The van der Waals surface area contributed by atoms with Crippen LogP contribution in [0.15, 0.2) is 65.3 Å². The van der Waals surface area contributed by atoms with Crippen molar-refractivity contribution < 1.29 is 13.9 Å². The van der Waals surface area contributed by atoms with E-state index in [9.17, 15) is 4.79 Å². The lowest BCUT2D eigenvalue weighted by atomic mass is 10.1. The Morgan fingerprint density at radius 2 is 1.80 bits per heavy atom. The molecule has 6 nitrogen and oxygen atoms in total. The number of hydrogen-bond donors (Lipinski definition) is 1. The first kappa shape index (κ1) is 24.6. The molecule has 0 aliphatic heterocycles. The Morgan fingerprint density at radius 3 is 2.60 bits per heavy atom. The van der Waals surface area contributed by atoms with Gasteiger partial charge in [0, 0.05) is 19.5 Å². The highest BCUT2D eigenvalue weighted by molar-refractivity contribution is 5.91. The van der Waals surface area contributed by atoms with E-state index in [2.05, 4.69) is 60.1 Å². The lowest BCUT2D eigenvalue weighted by Crippen LogP contribution is -2.23. The van der Waals surface area contributed by atoms with Crippen LogP contribution < -0.4 is 10.1 Å². The molecule has 0 unspecified atom stereocenters. The number of para-hydroxylation sites is 2. The third-order valence-corrected chi connectivity index (χ3v) is 6.08. The second kappa shape index (κ2) is 12.2. The summed E-state index contributed by atoms with van der Waals surface area (Å²) >= 11 is 0. The Balaban J connectivity index is 1.23. The van der Waals surface area contributed by atoms with Crippen molar-refractivity contribution in [2.75, 3.05) is 13.2 Å². The number of carbonyl (C=O) groups is 1. The van der Waals surface area contributed by atoms with Gasteiger partial charge in [-0.15, -0.1) is 0 Å². The summed E-state index contributed by atoms with van der Waals surface area (Å²) in [6.07, 6.45) is 7.48. The van der Waals surface area contributed by atoms with Gasteiger partial charge in [-0.2, -0.15) is 0 Å². The Labute approximate surface area is 207 Å². The van der Waals surface area contributed by atoms with Crippen LogP contribution in [0, 0.1) is 13.8 Å². The Hall–Kier alpha value is -3.54. The molecule has 2 aromatic carbocycles. The van der Waals surface area contributed by atoms with Crippen LogP contribution in [0.25, 0.3) is 11.0 Å².